The molecule has 118 valence electrons. The van der Waals surface area contributed by atoms with Gasteiger partial charge in [-0.3, -0.25) is 4.90 Å². The maximum Gasteiger partial charge on any atom is 0.140 e. The fourth-order valence-electron chi connectivity index (χ4n) is 3.19. The van der Waals surface area contributed by atoms with Crippen molar-refractivity contribution in [1.29, 1.82) is 5.26 Å². The van der Waals surface area contributed by atoms with Gasteiger partial charge in [-0.2, -0.15) is 17.0 Å². The van der Waals surface area contributed by atoms with Crippen molar-refractivity contribution in [3.05, 3.63) is 35.1 Å². The summed E-state index contributed by atoms with van der Waals surface area (Å²) in [6, 6.07) is 7.37. The zero-order valence-electron chi connectivity index (χ0n) is 12.6. The normalized spacial score (nSPS) is 24.8. The van der Waals surface area contributed by atoms with Crippen molar-refractivity contribution in [1.82, 2.24) is 4.90 Å². The van der Waals surface area contributed by atoms with Crippen molar-refractivity contribution in [2.24, 2.45) is 0 Å². The first-order valence-electron chi connectivity index (χ1n) is 7.88. The third-order valence-electron chi connectivity index (χ3n) is 4.42. The highest BCUT2D eigenvalue weighted by Gasteiger charge is 2.27. The molecule has 0 radical (unpaired) electrons. The standard InChI is InChI=1S/C17H21FN2OS/c18-17-4-3-13(8-14(17)9-19)10-20(15-5-7-22-12-15)11-16-2-1-6-21-16/h3-4,8,15-16H,1-2,5-7,10-12H2/t15-,16-/m0/s1. The van der Waals surface area contributed by atoms with E-state index in [9.17, 15) is 4.39 Å². The summed E-state index contributed by atoms with van der Waals surface area (Å²) in [5.74, 6) is 1.92. The van der Waals surface area contributed by atoms with Gasteiger partial charge in [-0.15, -0.1) is 0 Å². The molecule has 0 N–H and O–H groups in total. The highest BCUT2D eigenvalue weighted by Crippen LogP contribution is 2.26. The SMILES string of the molecule is N#Cc1cc(CN(C[C@@H]2CCCO2)[C@H]2CCSC2)ccc1F. The minimum atomic E-state index is -0.437. The van der Waals surface area contributed by atoms with Gasteiger partial charge in [-0.25, -0.2) is 4.39 Å². The van der Waals surface area contributed by atoms with Crippen molar-refractivity contribution in [3.63, 3.8) is 0 Å². The van der Waals surface area contributed by atoms with Gasteiger partial charge in [-0.1, -0.05) is 6.07 Å². The van der Waals surface area contributed by atoms with Crippen LogP contribution in [0.1, 0.15) is 30.4 Å². The average Bonchev–Trinajstić information content (AvgIpc) is 3.21. The molecule has 2 atom stereocenters. The van der Waals surface area contributed by atoms with E-state index in [1.54, 1.807) is 12.1 Å². The van der Waals surface area contributed by atoms with Gasteiger partial charge in [0.2, 0.25) is 0 Å². The van der Waals surface area contributed by atoms with Crippen LogP contribution in [0, 0.1) is 17.1 Å². The molecule has 0 aromatic heterocycles. The van der Waals surface area contributed by atoms with Crippen molar-refractivity contribution in [3.8, 4) is 6.07 Å². The molecule has 1 aromatic carbocycles. The Morgan fingerprint density at radius 3 is 3.00 bits per heavy atom. The lowest BCUT2D eigenvalue weighted by Gasteiger charge is -2.30. The Kier molecular flexibility index (Phi) is 5.35. The van der Waals surface area contributed by atoms with E-state index in [2.05, 4.69) is 4.90 Å². The van der Waals surface area contributed by atoms with Crippen LogP contribution in [0.15, 0.2) is 18.2 Å². The Morgan fingerprint density at radius 2 is 2.32 bits per heavy atom. The van der Waals surface area contributed by atoms with Crippen LogP contribution in [-0.2, 0) is 11.3 Å². The van der Waals surface area contributed by atoms with Crippen molar-refractivity contribution in [2.45, 2.75) is 38.0 Å². The number of nitrogens with zero attached hydrogens (tertiary/aromatic N) is 2. The molecule has 2 aliphatic rings. The largest absolute Gasteiger partial charge is 0.377 e. The van der Waals surface area contributed by atoms with Crippen molar-refractivity contribution >= 4 is 11.8 Å². The Bertz CT molecular complexity index is 548. The third-order valence-corrected chi connectivity index (χ3v) is 5.57. The predicted octanol–water partition coefficient (Wildman–Crippen LogP) is 3.18. The summed E-state index contributed by atoms with van der Waals surface area (Å²) in [5.41, 5.74) is 1.14. The van der Waals surface area contributed by atoms with Crippen LogP contribution in [0.3, 0.4) is 0 Å². The lowest BCUT2D eigenvalue weighted by atomic mass is 10.1. The fourth-order valence-corrected chi connectivity index (χ4v) is 4.45. The number of thioether (sulfide) groups is 1. The molecule has 22 heavy (non-hydrogen) atoms. The Labute approximate surface area is 135 Å². The Balaban J connectivity index is 1.72. The Hall–Kier alpha value is -1.09. The molecule has 5 heteroatoms. The van der Waals surface area contributed by atoms with Crippen LogP contribution < -0.4 is 0 Å². The quantitative estimate of drug-likeness (QED) is 0.835. The summed E-state index contributed by atoms with van der Waals surface area (Å²) in [5, 5.41) is 8.99. The predicted molar refractivity (Wildman–Crippen MR) is 86.2 cm³/mol. The van der Waals surface area contributed by atoms with Crippen molar-refractivity contribution in [2.75, 3.05) is 24.7 Å². The number of halogens is 1. The molecule has 2 heterocycles. The zero-order chi connectivity index (χ0) is 15.4. The summed E-state index contributed by atoms with van der Waals surface area (Å²) in [4.78, 5) is 2.46. The van der Waals surface area contributed by atoms with E-state index in [0.29, 0.717) is 12.1 Å². The molecule has 0 unspecified atom stereocenters. The summed E-state index contributed by atoms with van der Waals surface area (Å²) in [6.07, 6.45) is 3.79. The topological polar surface area (TPSA) is 36.3 Å². The van der Waals surface area contributed by atoms with Gasteiger partial charge in [0.15, 0.2) is 0 Å². The summed E-state index contributed by atoms with van der Waals surface area (Å²) >= 11 is 1.99. The highest BCUT2D eigenvalue weighted by molar-refractivity contribution is 7.99. The molecule has 2 saturated heterocycles. The first-order valence-corrected chi connectivity index (χ1v) is 9.03. The smallest absolute Gasteiger partial charge is 0.140 e. The van der Waals surface area contributed by atoms with Gasteiger partial charge >= 0.3 is 0 Å². The van der Waals surface area contributed by atoms with E-state index in [1.165, 1.54) is 18.2 Å². The molecule has 1 aromatic rings. The molecule has 3 nitrogen and oxygen atoms in total. The van der Waals surface area contributed by atoms with Gasteiger partial charge in [0.05, 0.1) is 11.7 Å². The van der Waals surface area contributed by atoms with E-state index in [4.69, 9.17) is 10.00 Å². The van der Waals surface area contributed by atoms with Crippen molar-refractivity contribution < 1.29 is 9.13 Å². The maximum atomic E-state index is 13.5. The van der Waals surface area contributed by atoms with Crippen LogP contribution >= 0.6 is 11.8 Å². The monoisotopic (exact) mass is 320 g/mol. The van der Waals surface area contributed by atoms with E-state index >= 15 is 0 Å². The van der Waals surface area contributed by atoms with Gasteiger partial charge < -0.3 is 4.74 Å². The molecule has 2 fully saturated rings. The molecular weight excluding hydrogens is 299 g/mol. The Morgan fingerprint density at radius 1 is 1.41 bits per heavy atom. The lowest BCUT2D eigenvalue weighted by Crippen LogP contribution is -2.40. The summed E-state index contributed by atoms with van der Waals surface area (Å²) in [6.45, 7) is 2.57. The minimum Gasteiger partial charge on any atom is -0.377 e. The van der Waals surface area contributed by atoms with Gasteiger partial charge in [-0.05, 0) is 42.7 Å². The first-order chi connectivity index (χ1) is 10.8. The van der Waals surface area contributed by atoms with Crippen LogP contribution in [0.4, 0.5) is 4.39 Å². The second kappa shape index (κ2) is 7.45. The maximum absolute atomic E-state index is 13.5. The van der Waals surface area contributed by atoms with Gasteiger partial charge in [0.1, 0.15) is 11.9 Å². The zero-order valence-corrected chi connectivity index (χ0v) is 13.4. The van der Waals surface area contributed by atoms with Crippen LogP contribution in [-0.4, -0.2) is 41.7 Å². The van der Waals surface area contributed by atoms with Crippen LogP contribution in [0.5, 0.6) is 0 Å². The molecule has 0 saturated carbocycles. The number of ether oxygens (including phenoxy) is 1. The molecule has 0 aliphatic carbocycles. The molecular formula is C17H21FN2OS. The number of nitriles is 1. The molecule has 0 amide bonds. The molecule has 0 bridgehead atoms. The number of benzene rings is 1. The second-order valence-corrected chi connectivity index (χ2v) is 7.16. The summed E-state index contributed by atoms with van der Waals surface area (Å²) < 4.78 is 19.3. The molecule has 0 spiro atoms. The third kappa shape index (κ3) is 3.81. The molecule has 3 rings (SSSR count). The fraction of sp³-hybridized carbons (Fsp3) is 0.588. The number of hydrogen-bond donors (Lipinski definition) is 0. The second-order valence-electron chi connectivity index (χ2n) is 6.01. The highest BCUT2D eigenvalue weighted by atomic mass is 32.2. The molecule has 2 aliphatic heterocycles. The summed E-state index contributed by atoms with van der Waals surface area (Å²) in [7, 11) is 0. The van der Waals surface area contributed by atoms with E-state index in [1.807, 2.05) is 17.8 Å². The average molecular weight is 320 g/mol. The van der Waals surface area contributed by atoms with Gasteiger partial charge in [0.25, 0.3) is 0 Å². The van der Waals surface area contributed by atoms with E-state index in [0.717, 1.165) is 43.9 Å². The first kappa shape index (κ1) is 15.8. The minimum absolute atomic E-state index is 0.135. The van der Waals surface area contributed by atoms with E-state index < -0.39 is 5.82 Å². The number of rotatable bonds is 5. The number of hydrogen-bond acceptors (Lipinski definition) is 4. The van der Waals surface area contributed by atoms with Crippen LogP contribution in [0.2, 0.25) is 0 Å². The lowest BCUT2D eigenvalue weighted by molar-refractivity contribution is 0.0575. The van der Waals surface area contributed by atoms with E-state index in [-0.39, 0.29) is 5.56 Å². The van der Waals surface area contributed by atoms with Crippen LogP contribution in [0.25, 0.3) is 0 Å². The van der Waals surface area contributed by atoms with Gasteiger partial charge in [0, 0.05) is 31.5 Å².